The molecular formula is C11H11NO2. The van der Waals surface area contributed by atoms with Crippen LogP contribution in [-0.2, 0) is 13.2 Å². The zero-order chi connectivity index (χ0) is 9.97. The summed E-state index contributed by atoms with van der Waals surface area (Å²) in [5.41, 5.74) is 2.51. The van der Waals surface area contributed by atoms with E-state index in [2.05, 4.69) is 4.98 Å². The third-order valence-corrected chi connectivity index (χ3v) is 2.25. The van der Waals surface area contributed by atoms with E-state index in [1.165, 1.54) is 0 Å². The fourth-order valence-electron chi connectivity index (χ4n) is 1.49. The van der Waals surface area contributed by atoms with Gasteiger partial charge in [0.25, 0.3) is 0 Å². The van der Waals surface area contributed by atoms with Crippen LogP contribution in [0.5, 0.6) is 0 Å². The Morgan fingerprint density at radius 1 is 1.07 bits per heavy atom. The van der Waals surface area contributed by atoms with Crippen LogP contribution in [0.15, 0.2) is 30.5 Å². The second-order valence-electron chi connectivity index (χ2n) is 3.14. The first-order valence-electron chi connectivity index (χ1n) is 4.43. The smallest absolute Gasteiger partial charge is 0.0705 e. The van der Waals surface area contributed by atoms with Crippen molar-refractivity contribution in [3.8, 4) is 0 Å². The van der Waals surface area contributed by atoms with Crippen LogP contribution in [0, 0.1) is 0 Å². The molecule has 0 saturated heterocycles. The standard InChI is InChI=1S/C11H11NO2/c13-6-8-1-2-11-10(5-8)9(7-14)3-4-12-11/h1-5,13-14H,6-7H2. The highest BCUT2D eigenvalue weighted by Crippen LogP contribution is 2.18. The van der Waals surface area contributed by atoms with Gasteiger partial charge in [-0.05, 0) is 29.3 Å². The summed E-state index contributed by atoms with van der Waals surface area (Å²) in [5, 5.41) is 19.0. The molecule has 0 aliphatic carbocycles. The van der Waals surface area contributed by atoms with Gasteiger partial charge in [-0.15, -0.1) is 0 Å². The number of fused-ring (bicyclic) bond motifs is 1. The molecule has 0 saturated carbocycles. The fourth-order valence-corrected chi connectivity index (χ4v) is 1.49. The molecule has 3 heteroatoms. The highest BCUT2D eigenvalue weighted by Gasteiger charge is 2.01. The van der Waals surface area contributed by atoms with Crippen LogP contribution in [0.2, 0.25) is 0 Å². The Bertz CT molecular complexity index is 454. The first-order valence-corrected chi connectivity index (χ1v) is 4.43. The summed E-state index contributed by atoms with van der Waals surface area (Å²) in [5.74, 6) is 0. The van der Waals surface area contributed by atoms with Crippen molar-refractivity contribution in [2.24, 2.45) is 0 Å². The topological polar surface area (TPSA) is 53.4 Å². The molecule has 14 heavy (non-hydrogen) atoms. The van der Waals surface area contributed by atoms with Crippen molar-refractivity contribution in [1.29, 1.82) is 0 Å². The lowest BCUT2D eigenvalue weighted by Crippen LogP contribution is -1.90. The third kappa shape index (κ3) is 1.47. The molecule has 0 spiro atoms. The van der Waals surface area contributed by atoms with Crippen molar-refractivity contribution in [3.05, 3.63) is 41.6 Å². The number of rotatable bonds is 2. The van der Waals surface area contributed by atoms with Gasteiger partial charge in [0.15, 0.2) is 0 Å². The summed E-state index contributed by atoms with van der Waals surface area (Å²) in [6.45, 7) is 0.00358. The van der Waals surface area contributed by atoms with Crippen LogP contribution < -0.4 is 0 Å². The Labute approximate surface area is 81.7 Å². The first kappa shape index (κ1) is 9.12. The average molecular weight is 189 g/mol. The molecule has 1 heterocycles. The SMILES string of the molecule is OCc1ccc2nccc(CO)c2c1. The zero-order valence-corrected chi connectivity index (χ0v) is 7.64. The number of benzene rings is 1. The molecule has 0 fully saturated rings. The van der Waals surface area contributed by atoms with Crippen LogP contribution in [0.1, 0.15) is 11.1 Å². The van der Waals surface area contributed by atoms with Crippen molar-refractivity contribution >= 4 is 10.9 Å². The molecule has 0 atom stereocenters. The Morgan fingerprint density at radius 2 is 1.93 bits per heavy atom. The van der Waals surface area contributed by atoms with E-state index in [1.54, 1.807) is 12.3 Å². The lowest BCUT2D eigenvalue weighted by atomic mass is 10.1. The van der Waals surface area contributed by atoms with Crippen molar-refractivity contribution in [1.82, 2.24) is 4.98 Å². The molecule has 0 aliphatic rings. The summed E-state index contributed by atoms with van der Waals surface area (Å²) < 4.78 is 0. The molecule has 0 aliphatic heterocycles. The Balaban J connectivity index is 2.70. The summed E-state index contributed by atoms with van der Waals surface area (Å²) in [7, 11) is 0. The van der Waals surface area contributed by atoms with Gasteiger partial charge < -0.3 is 10.2 Å². The van der Waals surface area contributed by atoms with Gasteiger partial charge in [-0.1, -0.05) is 6.07 Å². The van der Waals surface area contributed by atoms with Gasteiger partial charge in [0, 0.05) is 11.6 Å². The lowest BCUT2D eigenvalue weighted by Gasteiger charge is -2.04. The molecule has 72 valence electrons. The minimum absolute atomic E-state index is 0.00605. The second-order valence-corrected chi connectivity index (χ2v) is 3.14. The largest absolute Gasteiger partial charge is 0.392 e. The number of pyridine rings is 1. The van der Waals surface area contributed by atoms with Gasteiger partial charge in [0.05, 0.1) is 18.7 Å². The number of hydrogen-bond donors (Lipinski definition) is 2. The van der Waals surface area contributed by atoms with Gasteiger partial charge in [-0.2, -0.15) is 0 Å². The van der Waals surface area contributed by atoms with Gasteiger partial charge in [0.1, 0.15) is 0 Å². The highest BCUT2D eigenvalue weighted by molar-refractivity contribution is 5.82. The molecule has 1 aromatic carbocycles. The van der Waals surface area contributed by atoms with E-state index in [-0.39, 0.29) is 13.2 Å². The Morgan fingerprint density at radius 3 is 2.64 bits per heavy atom. The van der Waals surface area contributed by atoms with Crippen LogP contribution in [-0.4, -0.2) is 15.2 Å². The molecule has 2 rings (SSSR count). The summed E-state index contributed by atoms with van der Waals surface area (Å²) >= 11 is 0. The predicted octanol–water partition coefficient (Wildman–Crippen LogP) is 1.22. The average Bonchev–Trinajstić information content (AvgIpc) is 2.27. The van der Waals surface area contributed by atoms with E-state index in [4.69, 9.17) is 10.2 Å². The number of aliphatic hydroxyl groups is 2. The maximum atomic E-state index is 9.11. The minimum Gasteiger partial charge on any atom is -0.392 e. The molecule has 0 radical (unpaired) electrons. The molecule has 0 unspecified atom stereocenters. The molecule has 2 N–H and O–H groups in total. The number of nitrogens with zero attached hydrogens (tertiary/aromatic N) is 1. The zero-order valence-electron chi connectivity index (χ0n) is 7.64. The third-order valence-electron chi connectivity index (χ3n) is 2.25. The van der Waals surface area contributed by atoms with E-state index in [1.807, 2.05) is 18.2 Å². The summed E-state index contributed by atoms with van der Waals surface area (Å²) in [6, 6.07) is 7.31. The van der Waals surface area contributed by atoms with Gasteiger partial charge in [-0.3, -0.25) is 4.98 Å². The highest BCUT2D eigenvalue weighted by atomic mass is 16.3. The van der Waals surface area contributed by atoms with Gasteiger partial charge >= 0.3 is 0 Å². The summed E-state index contributed by atoms with van der Waals surface area (Å²) in [6.07, 6.45) is 1.67. The maximum Gasteiger partial charge on any atom is 0.0705 e. The van der Waals surface area contributed by atoms with Crippen molar-refractivity contribution in [2.75, 3.05) is 0 Å². The molecular weight excluding hydrogens is 178 g/mol. The van der Waals surface area contributed by atoms with Crippen molar-refractivity contribution in [2.45, 2.75) is 13.2 Å². The predicted molar refractivity (Wildman–Crippen MR) is 53.6 cm³/mol. The number of hydrogen-bond acceptors (Lipinski definition) is 3. The Kier molecular flexibility index (Phi) is 2.43. The lowest BCUT2D eigenvalue weighted by molar-refractivity contribution is 0.281. The maximum absolute atomic E-state index is 9.11. The normalized spacial score (nSPS) is 10.7. The molecule has 3 nitrogen and oxygen atoms in total. The van der Waals surface area contributed by atoms with Crippen LogP contribution >= 0.6 is 0 Å². The van der Waals surface area contributed by atoms with E-state index in [0.717, 1.165) is 22.0 Å². The van der Waals surface area contributed by atoms with Crippen LogP contribution in [0.3, 0.4) is 0 Å². The fraction of sp³-hybridized carbons (Fsp3) is 0.182. The van der Waals surface area contributed by atoms with E-state index in [9.17, 15) is 0 Å². The van der Waals surface area contributed by atoms with E-state index < -0.39 is 0 Å². The summed E-state index contributed by atoms with van der Waals surface area (Å²) in [4.78, 5) is 4.17. The van der Waals surface area contributed by atoms with Gasteiger partial charge in [-0.25, -0.2) is 0 Å². The monoisotopic (exact) mass is 189 g/mol. The van der Waals surface area contributed by atoms with Gasteiger partial charge in [0.2, 0.25) is 0 Å². The second kappa shape index (κ2) is 3.74. The van der Waals surface area contributed by atoms with Crippen LogP contribution in [0.4, 0.5) is 0 Å². The van der Waals surface area contributed by atoms with Crippen molar-refractivity contribution in [3.63, 3.8) is 0 Å². The van der Waals surface area contributed by atoms with Crippen molar-refractivity contribution < 1.29 is 10.2 Å². The molecule has 0 amide bonds. The first-order chi connectivity index (χ1) is 6.85. The quantitative estimate of drug-likeness (QED) is 0.746. The number of aliphatic hydroxyl groups excluding tert-OH is 2. The molecule has 2 aromatic rings. The minimum atomic E-state index is -0.00605. The van der Waals surface area contributed by atoms with E-state index in [0.29, 0.717) is 0 Å². The van der Waals surface area contributed by atoms with E-state index >= 15 is 0 Å². The number of aromatic nitrogens is 1. The Hall–Kier alpha value is -1.45. The molecule has 0 bridgehead atoms. The van der Waals surface area contributed by atoms with Crippen LogP contribution in [0.25, 0.3) is 10.9 Å². The molecule has 1 aromatic heterocycles.